The molecule has 3 rings (SSSR count). The number of carbonyl (C=O) groups excluding carboxylic acids is 1. The maximum absolute atomic E-state index is 12.5. The molecule has 0 saturated heterocycles. The van der Waals surface area contributed by atoms with Crippen LogP contribution in [-0.2, 0) is 10.4 Å². The van der Waals surface area contributed by atoms with E-state index in [1.165, 1.54) is 12.0 Å². The molecule has 0 spiro atoms. The molecule has 0 saturated carbocycles. The molecule has 0 radical (unpaired) electrons. The fraction of sp³-hybridized carbons (Fsp3) is 0.214. The number of aliphatic hydroxyl groups is 1. The molecule has 1 atom stereocenters. The van der Waals surface area contributed by atoms with Crippen molar-refractivity contribution in [1.29, 1.82) is 0 Å². The summed E-state index contributed by atoms with van der Waals surface area (Å²) in [7, 11) is 3.08. The number of amides is 1. The Morgan fingerprint density at radius 3 is 2.75 bits per heavy atom. The van der Waals surface area contributed by atoms with Gasteiger partial charge in [0.15, 0.2) is 5.76 Å². The number of carbonyl (C=O) groups is 1. The molecular weight excluding hydrogens is 326 g/mol. The molecule has 0 unspecified atom stereocenters. The van der Waals surface area contributed by atoms with E-state index in [0.29, 0.717) is 11.3 Å². The minimum atomic E-state index is -1.83. The second-order valence-electron chi connectivity index (χ2n) is 4.56. The van der Waals surface area contributed by atoms with Crippen molar-refractivity contribution in [3.63, 3.8) is 0 Å². The Balaban J connectivity index is 2.22. The van der Waals surface area contributed by atoms with Gasteiger partial charge >= 0.3 is 0 Å². The van der Waals surface area contributed by atoms with Crippen LogP contribution in [0.15, 0.2) is 39.2 Å². The van der Waals surface area contributed by atoms with Gasteiger partial charge in [0.1, 0.15) is 0 Å². The van der Waals surface area contributed by atoms with Crippen LogP contribution in [0.5, 0.6) is 5.95 Å². The molecule has 20 heavy (non-hydrogen) atoms. The lowest BCUT2D eigenvalue weighted by Crippen LogP contribution is -2.39. The SMILES string of the molecule is COc1ccc([C@]2(O)C(=O)N(C)c3ccc(Br)cc32)o1. The van der Waals surface area contributed by atoms with Gasteiger partial charge in [-0.2, -0.15) is 0 Å². The molecule has 2 aromatic rings. The summed E-state index contributed by atoms with van der Waals surface area (Å²) in [5.74, 6) is -0.0713. The number of rotatable bonds is 2. The van der Waals surface area contributed by atoms with E-state index in [2.05, 4.69) is 15.9 Å². The number of benzene rings is 1. The smallest absolute Gasteiger partial charge is 0.284 e. The molecule has 1 aliphatic rings. The van der Waals surface area contributed by atoms with Crippen molar-refractivity contribution >= 4 is 27.5 Å². The lowest BCUT2D eigenvalue weighted by atomic mass is 9.93. The van der Waals surface area contributed by atoms with Crippen molar-refractivity contribution in [3.8, 4) is 5.95 Å². The second kappa shape index (κ2) is 4.36. The molecule has 0 bridgehead atoms. The predicted molar refractivity (Wildman–Crippen MR) is 75.8 cm³/mol. The van der Waals surface area contributed by atoms with Crippen molar-refractivity contribution in [1.82, 2.24) is 0 Å². The average molecular weight is 338 g/mol. The number of methoxy groups -OCH3 is 1. The van der Waals surface area contributed by atoms with Crippen molar-refractivity contribution in [2.45, 2.75) is 5.60 Å². The monoisotopic (exact) mass is 337 g/mol. The number of fused-ring (bicyclic) bond motifs is 1. The highest BCUT2D eigenvalue weighted by atomic mass is 79.9. The van der Waals surface area contributed by atoms with Crippen LogP contribution < -0.4 is 9.64 Å². The summed E-state index contributed by atoms with van der Waals surface area (Å²) < 4.78 is 11.1. The number of furan rings is 1. The largest absolute Gasteiger partial charge is 0.468 e. The molecule has 1 N–H and O–H groups in total. The fourth-order valence-electron chi connectivity index (χ4n) is 2.42. The van der Waals surface area contributed by atoms with Crippen molar-refractivity contribution < 1.29 is 19.1 Å². The number of hydrogen-bond donors (Lipinski definition) is 1. The number of hydrogen-bond acceptors (Lipinski definition) is 4. The second-order valence-corrected chi connectivity index (χ2v) is 5.47. The first-order valence-electron chi connectivity index (χ1n) is 5.93. The van der Waals surface area contributed by atoms with E-state index in [1.54, 1.807) is 31.3 Å². The molecule has 1 aromatic heterocycles. The third-order valence-electron chi connectivity index (χ3n) is 3.46. The van der Waals surface area contributed by atoms with Crippen LogP contribution in [0.25, 0.3) is 0 Å². The Kier molecular flexibility index (Phi) is 2.88. The van der Waals surface area contributed by atoms with Crippen LogP contribution in [0.2, 0.25) is 0 Å². The number of ether oxygens (including phenoxy) is 1. The summed E-state index contributed by atoms with van der Waals surface area (Å²) in [6, 6.07) is 8.41. The lowest BCUT2D eigenvalue weighted by Gasteiger charge is -2.19. The van der Waals surface area contributed by atoms with E-state index in [4.69, 9.17) is 9.15 Å². The highest BCUT2D eigenvalue weighted by molar-refractivity contribution is 9.10. The maximum atomic E-state index is 12.5. The standard InChI is InChI=1S/C14H12BrNO4/c1-16-10-4-3-8(15)7-9(10)14(18,13(16)17)11-5-6-12(19-2)20-11/h3-7,18H,1-2H3/t14-/m0/s1. The van der Waals surface area contributed by atoms with E-state index in [9.17, 15) is 9.90 Å². The molecule has 0 aliphatic carbocycles. The van der Waals surface area contributed by atoms with Gasteiger partial charge in [0.05, 0.1) is 12.8 Å². The number of halogens is 1. The normalized spacial score (nSPS) is 21.2. The minimum Gasteiger partial charge on any atom is -0.468 e. The Hall–Kier alpha value is -1.79. The molecule has 5 nitrogen and oxygen atoms in total. The van der Waals surface area contributed by atoms with Crippen LogP contribution in [0, 0.1) is 0 Å². The first-order chi connectivity index (χ1) is 9.48. The maximum Gasteiger partial charge on any atom is 0.284 e. The molecule has 104 valence electrons. The Bertz CT molecular complexity index is 696. The molecule has 1 aliphatic heterocycles. The van der Waals surface area contributed by atoms with Crippen LogP contribution in [0.3, 0.4) is 0 Å². The first kappa shape index (κ1) is 13.2. The molecule has 0 fully saturated rings. The van der Waals surface area contributed by atoms with Crippen molar-refractivity contribution in [2.24, 2.45) is 0 Å². The number of anilines is 1. The Morgan fingerprint density at radius 2 is 2.10 bits per heavy atom. The zero-order chi connectivity index (χ0) is 14.5. The summed E-state index contributed by atoms with van der Waals surface area (Å²) in [5.41, 5.74) is -0.697. The van der Waals surface area contributed by atoms with Gasteiger partial charge in [-0.3, -0.25) is 4.79 Å². The Labute approximate surface area is 123 Å². The minimum absolute atomic E-state index is 0.142. The number of likely N-dealkylation sites (N-methyl/N-ethyl adjacent to an activating group) is 1. The molecular formula is C14H12BrNO4. The highest BCUT2D eigenvalue weighted by Gasteiger charge is 2.52. The van der Waals surface area contributed by atoms with Gasteiger partial charge in [-0.25, -0.2) is 0 Å². The van der Waals surface area contributed by atoms with Gasteiger partial charge < -0.3 is 19.2 Å². The van der Waals surface area contributed by atoms with Gasteiger partial charge in [-0.15, -0.1) is 0 Å². The summed E-state index contributed by atoms with van der Waals surface area (Å²) in [6.07, 6.45) is 0. The summed E-state index contributed by atoms with van der Waals surface area (Å²) >= 11 is 3.35. The van der Waals surface area contributed by atoms with Gasteiger partial charge in [0, 0.05) is 23.2 Å². The predicted octanol–water partition coefficient (Wildman–Crippen LogP) is 2.26. The zero-order valence-corrected chi connectivity index (χ0v) is 12.5. The number of nitrogens with zero attached hydrogens (tertiary/aromatic N) is 1. The third kappa shape index (κ3) is 1.61. The van der Waals surface area contributed by atoms with E-state index in [1.807, 2.05) is 6.07 Å². The first-order valence-corrected chi connectivity index (χ1v) is 6.72. The van der Waals surface area contributed by atoms with Crippen LogP contribution in [-0.4, -0.2) is 25.2 Å². The van der Waals surface area contributed by atoms with Crippen LogP contribution >= 0.6 is 15.9 Å². The zero-order valence-electron chi connectivity index (χ0n) is 10.9. The van der Waals surface area contributed by atoms with Crippen molar-refractivity contribution in [2.75, 3.05) is 19.1 Å². The quantitative estimate of drug-likeness (QED) is 0.912. The van der Waals surface area contributed by atoms with Crippen LogP contribution in [0.1, 0.15) is 11.3 Å². The van der Waals surface area contributed by atoms with Crippen molar-refractivity contribution in [3.05, 3.63) is 46.1 Å². The van der Waals surface area contributed by atoms with Crippen LogP contribution in [0.4, 0.5) is 5.69 Å². The van der Waals surface area contributed by atoms with Gasteiger partial charge in [-0.1, -0.05) is 15.9 Å². The summed E-state index contributed by atoms with van der Waals surface area (Å²) in [6.45, 7) is 0. The van der Waals surface area contributed by atoms with Gasteiger partial charge in [0.25, 0.3) is 11.9 Å². The fourth-order valence-corrected chi connectivity index (χ4v) is 2.78. The van der Waals surface area contributed by atoms with E-state index >= 15 is 0 Å². The third-order valence-corrected chi connectivity index (χ3v) is 3.96. The Morgan fingerprint density at radius 1 is 1.35 bits per heavy atom. The highest BCUT2D eigenvalue weighted by Crippen LogP contribution is 2.45. The topological polar surface area (TPSA) is 62.9 Å². The van der Waals surface area contributed by atoms with Gasteiger partial charge in [-0.05, 0) is 24.3 Å². The van der Waals surface area contributed by atoms with E-state index < -0.39 is 11.5 Å². The van der Waals surface area contributed by atoms with E-state index in [-0.39, 0.29) is 11.7 Å². The molecule has 6 heteroatoms. The molecule has 1 aromatic carbocycles. The molecule has 1 amide bonds. The van der Waals surface area contributed by atoms with E-state index in [0.717, 1.165) is 4.47 Å². The average Bonchev–Trinajstić information content (AvgIpc) is 2.99. The lowest BCUT2D eigenvalue weighted by molar-refractivity contribution is -0.133. The van der Waals surface area contributed by atoms with Gasteiger partial charge in [0.2, 0.25) is 5.60 Å². The molecule has 2 heterocycles. The summed E-state index contributed by atoms with van der Waals surface area (Å²) in [4.78, 5) is 13.9. The summed E-state index contributed by atoms with van der Waals surface area (Å²) in [5, 5.41) is 10.9.